The third kappa shape index (κ3) is 2.60. The number of hydrogen-bond donors (Lipinski definition) is 2. The lowest BCUT2D eigenvalue weighted by Gasteiger charge is -2.05. The van der Waals surface area contributed by atoms with Crippen molar-refractivity contribution in [1.82, 2.24) is 0 Å². The van der Waals surface area contributed by atoms with Crippen LogP contribution in [0, 0.1) is 5.82 Å². The molecule has 4 nitrogen and oxygen atoms in total. The van der Waals surface area contributed by atoms with Gasteiger partial charge in [0.15, 0.2) is 0 Å². The van der Waals surface area contributed by atoms with E-state index < -0.39 is 23.3 Å². The van der Waals surface area contributed by atoms with Gasteiger partial charge in [0.2, 0.25) is 5.91 Å². The van der Waals surface area contributed by atoms with Gasteiger partial charge >= 0.3 is 5.97 Å². The zero-order chi connectivity index (χ0) is 14.0. The molecule has 0 aliphatic rings. The van der Waals surface area contributed by atoms with Crippen LogP contribution in [0.15, 0.2) is 42.5 Å². The Morgan fingerprint density at radius 3 is 2.37 bits per heavy atom. The van der Waals surface area contributed by atoms with Crippen LogP contribution in [-0.4, -0.2) is 17.0 Å². The van der Waals surface area contributed by atoms with Gasteiger partial charge in [-0.05, 0) is 35.4 Å². The van der Waals surface area contributed by atoms with E-state index >= 15 is 0 Å². The van der Waals surface area contributed by atoms with E-state index in [1.165, 1.54) is 18.2 Å². The predicted octanol–water partition coefficient (Wildman–Crippen LogP) is 2.29. The number of nitrogens with two attached hydrogens (primary N) is 1. The first-order valence-electron chi connectivity index (χ1n) is 5.42. The maximum Gasteiger partial charge on any atom is 0.338 e. The molecule has 96 valence electrons. The van der Waals surface area contributed by atoms with E-state index in [2.05, 4.69) is 0 Å². The molecule has 2 aromatic carbocycles. The van der Waals surface area contributed by atoms with Crippen molar-refractivity contribution in [1.29, 1.82) is 0 Å². The average Bonchev–Trinajstić information content (AvgIpc) is 2.39. The quantitative estimate of drug-likeness (QED) is 0.887. The molecule has 0 aromatic heterocycles. The minimum atomic E-state index is -1.34. The molecular weight excluding hydrogens is 249 g/mol. The molecule has 0 saturated heterocycles. The fourth-order valence-corrected chi connectivity index (χ4v) is 1.72. The van der Waals surface area contributed by atoms with Crippen molar-refractivity contribution in [3.05, 3.63) is 59.4 Å². The minimum absolute atomic E-state index is 0.304. The molecule has 0 spiro atoms. The molecule has 19 heavy (non-hydrogen) atoms. The van der Waals surface area contributed by atoms with Gasteiger partial charge in [-0.2, -0.15) is 0 Å². The van der Waals surface area contributed by atoms with Gasteiger partial charge in [-0.25, -0.2) is 9.18 Å². The number of hydrogen-bond acceptors (Lipinski definition) is 2. The van der Waals surface area contributed by atoms with Crippen LogP contribution in [0.2, 0.25) is 0 Å². The van der Waals surface area contributed by atoms with Crippen LogP contribution in [0.1, 0.15) is 20.7 Å². The number of primary amides is 1. The number of amides is 1. The summed E-state index contributed by atoms with van der Waals surface area (Å²) in [5.41, 5.74) is 6.16. The number of halogens is 1. The zero-order valence-corrected chi connectivity index (χ0v) is 9.76. The number of carboxylic acid groups (broad SMARTS) is 1. The van der Waals surface area contributed by atoms with Gasteiger partial charge in [-0.15, -0.1) is 0 Å². The molecule has 0 aliphatic carbocycles. The summed E-state index contributed by atoms with van der Waals surface area (Å²) >= 11 is 0. The Hall–Kier alpha value is -2.69. The number of carbonyl (C=O) groups is 2. The second-order valence-corrected chi connectivity index (χ2v) is 3.94. The summed E-state index contributed by atoms with van der Waals surface area (Å²) in [5.74, 6) is -2.73. The summed E-state index contributed by atoms with van der Waals surface area (Å²) in [6.07, 6.45) is 0. The van der Waals surface area contributed by atoms with E-state index in [4.69, 9.17) is 10.8 Å². The lowest BCUT2D eigenvalue weighted by Crippen LogP contribution is -2.10. The predicted molar refractivity (Wildman–Crippen MR) is 67.3 cm³/mol. The molecule has 0 bridgehead atoms. The van der Waals surface area contributed by atoms with Crippen LogP contribution < -0.4 is 5.73 Å². The number of aromatic carboxylic acids is 1. The van der Waals surface area contributed by atoms with Gasteiger partial charge in [-0.3, -0.25) is 4.79 Å². The van der Waals surface area contributed by atoms with Crippen LogP contribution in [0.5, 0.6) is 0 Å². The minimum Gasteiger partial charge on any atom is -0.478 e. The molecule has 0 saturated carbocycles. The smallest absolute Gasteiger partial charge is 0.338 e. The molecule has 2 aromatic rings. The first-order valence-corrected chi connectivity index (χ1v) is 5.42. The van der Waals surface area contributed by atoms with E-state index in [1.54, 1.807) is 18.2 Å². The lowest BCUT2D eigenvalue weighted by atomic mass is 10.0. The largest absolute Gasteiger partial charge is 0.478 e. The summed E-state index contributed by atoms with van der Waals surface area (Å²) in [6.45, 7) is 0. The van der Waals surface area contributed by atoms with Crippen molar-refractivity contribution < 1.29 is 19.1 Å². The van der Waals surface area contributed by atoms with Crippen LogP contribution in [0.25, 0.3) is 11.1 Å². The highest BCUT2D eigenvalue weighted by Gasteiger charge is 2.12. The van der Waals surface area contributed by atoms with Gasteiger partial charge in [0.25, 0.3) is 0 Å². The van der Waals surface area contributed by atoms with Crippen molar-refractivity contribution in [2.75, 3.05) is 0 Å². The van der Waals surface area contributed by atoms with Crippen molar-refractivity contribution >= 4 is 11.9 Å². The first-order chi connectivity index (χ1) is 8.99. The second-order valence-electron chi connectivity index (χ2n) is 3.94. The molecule has 0 fully saturated rings. The molecule has 2 rings (SSSR count). The molecule has 5 heteroatoms. The molecule has 0 atom stereocenters. The summed E-state index contributed by atoms with van der Waals surface area (Å²) in [4.78, 5) is 21.9. The summed E-state index contributed by atoms with van der Waals surface area (Å²) in [7, 11) is 0. The van der Waals surface area contributed by atoms with Crippen LogP contribution >= 0.6 is 0 Å². The maximum absolute atomic E-state index is 13.3. The molecule has 3 N–H and O–H groups in total. The molecule has 0 unspecified atom stereocenters. The Balaban J connectivity index is 2.53. The summed E-state index contributed by atoms with van der Waals surface area (Å²) in [5, 5.41) is 8.87. The van der Waals surface area contributed by atoms with Crippen molar-refractivity contribution in [3.8, 4) is 11.1 Å². The monoisotopic (exact) mass is 259 g/mol. The van der Waals surface area contributed by atoms with E-state index in [9.17, 15) is 14.0 Å². The Kier molecular flexibility index (Phi) is 3.29. The molecular formula is C14H10FNO3. The Bertz CT molecular complexity index is 667. The third-order valence-corrected chi connectivity index (χ3v) is 2.68. The number of benzene rings is 2. The lowest BCUT2D eigenvalue weighted by molar-refractivity contribution is 0.0691. The zero-order valence-electron chi connectivity index (χ0n) is 9.76. The summed E-state index contributed by atoms with van der Waals surface area (Å²) in [6, 6.07) is 10.1. The van der Waals surface area contributed by atoms with Crippen LogP contribution in [0.3, 0.4) is 0 Å². The Morgan fingerprint density at radius 2 is 1.74 bits per heavy atom. The molecule has 1 amide bonds. The highest BCUT2D eigenvalue weighted by atomic mass is 19.1. The topological polar surface area (TPSA) is 80.4 Å². The van der Waals surface area contributed by atoms with Gasteiger partial charge < -0.3 is 10.8 Å². The van der Waals surface area contributed by atoms with E-state index in [0.29, 0.717) is 16.7 Å². The number of carbonyl (C=O) groups excluding carboxylic acids is 1. The van der Waals surface area contributed by atoms with Crippen LogP contribution in [0.4, 0.5) is 4.39 Å². The molecule has 0 aliphatic heterocycles. The van der Waals surface area contributed by atoms with E-state index in [1.807, 2.05) is 0 Å². The van der Waals surface area contributed by atoms with Crippen molar-refractivity contribution in [3.63, 3.8) is 0 Å². The fraction of sp³-hybridized carbons (Fsp3) is 0. The molecule has 0 radical (unpaired) electrons. The van der Waals surface area contributed by atoms with Gasteiger partial charge in [-0.1, -0.05) is 18.2 Å². The van der Waals surface area contributed by atoms with E-state index in [-0.39, 0.29) is 0 Å². The van der Waals surface area contributed by atoms with Gasteiger partial charge in [0.05, 0.1) is 5.56 Å². The van der Waals surface area contributed by atoms with Crippen molar-refractivity contribution in [2.24, 2.45) is 5.73 Å². The number of carboxylic acids is 1. The second kappa shape index (κ2) is 4.89. The Morgan fingerprint density at radius 1 is 1.05 bits per heavy atom. The van der Waals surface area contributed by atoms with Crippen molar-refractivity contribution in [2.45, 2.75) is 0 Å². The average molecular weight is 259 g/mol. The maximum atomic E-state index is 13.3. The van der Waals surface area contributed by atoms with Gasteiger partial charge in [0, 0.05) is 5.56 Å². The summed E-state index contributed by atoms with van der Waals surface area (Å²) < 4.78 is 13.3. The van der Waals surface area contributed by atoms with Gasteiger partial charge in [0.1, 0.15) is 5.82 Å². The highest BCUT2D eigenvalue weighted by molar-refractivity contribution is 5.94. The standard InChI is InChI=1S/C14H10FNO3/c15-12-5-4-9(7-11(12)14(18)19)8-2-1-3-10(6-8)13(16)17/h1-7H,(H2,16,17)(H,18,19). The fourth-order valence-electron chi connectivity index (χ4n) is 1.72. The van der Waals surface area contributed by atoms with E-state index in [0.717, 1.165) is 6.07 Å². The van der Waals surface area contributed by atoms with Crippen LogP contribution in [-0.2, 0) is 0 Å². The Labute approximate surface area is 108 Å². The SMILES string of the molecule is NC(=O)c1cccc(-c2ccc(F)c(C(=O)O)c2)c1. The normalized spacial score (nSPS) is 10.2. The highest BCUT2D eigenvalue weighted by Crippen LogP contribution is 2.23. The molecule has 0 heterocycles. The first kappa shape index (κ1) is 12.8. The third-order valence-electron chi connectivity index (χ3n) is 2.68. The number of rotatable bonds is 3.